The maximum absolute atomic E-state index is 13.3. The number of hydrogen-bond donors (Lipinski definition) is 1. The van der Waals surface area contributed by atoms with E-state index in [4.69, 9.17) is 4.42 Å². The van der Waals surface area contributed by atoms with Gasteiger partial charge >= 0.3 is 6.18 Å². The van der Waals surface area contributed by atoms with Crippen LogP contribution in [-0.2, 0) is 0 Å². The van der Waals surface area contributed by atoms with Gasteiger partial charge in [-0.2, -0.15) is 18.4 Å². The van der Waals surface area contributed by atoms with Gasteiger partial charge in [0.05, 0.1) is 0 Å². The maximum Gasteiger partial charge on any atom is 0.408 e. The van der Waals surface area contributed by atoms with Gasteiger partial charge in [-0.1, -0.05) is 0 Å². The quantitative estimate of drug-likeness (QED) is 0.719. The number of nitriles is 1. The van der Waals surface area contributed by atoms with Crippen LogP contribution in [0.5, 0.6) is 0 Å². The average molecular weight is 403 g/mol. The van der Waals surface area contributed by atoms with E-state index in [1.807, 2.05) is 6.07 Å². The zero-order chi connectivity index (χ0) is 20.9. The molecule has 10 heteroatoms. The van der Waals surface area contributed by atoms with E-state index in [2.05, 4.69) is 15.3 Å². The standard InChI is InChI=1S/C19H16F3N5O2/c1-9-5-13(15-12(7-23)6-10(2)29-15)25-17-14(24-8-27(9)17)18(28)26-16(11-3-4-11)19(20,21)22/h5-6,8,11,16H,3-4H2,1-2H3,(H,26,28)/t16-/m1/s1. The van der Waals surface area contributed by atoms with Crippen LogP contribution < -0.4 is 5.32 Å². The lowest BCUT2D eigenvalue weighted by molar-refractivity contribution is -0.158. The Bertz CT molecular complexity index is 1150. The molecule has 1 aliphatic rings. The minimum Gasteiger partial charge on any atom is -0.458 e. The molecule has 0 spiro atoms. The molecule has 150 valence electrons. The highest BCUT2D eigenvalue weighted by molar-refractivity contribution is 5.98. The van der Waals surface area contributed by atoms with Gasteiger partial charge in [-0.25, -0.2) is 9.97 Å². The van der Waals surface area contributed by atoms with Crippen molar-refractivity contribution < 1.29 is 22.4 Å². The van der Waals surface area contributed by atoms with Crippen LogP contribution in [0.25, 0.3) is 17.1 Å². The molecule has 0 aromatic carbocycles. The Balaban J connectivity index is 1.75. The second kappa shape index (κ2) is 6.62. The molecule has 1 fully saturated rings. The van der Waals surface area contributed by atoms with E-state index in [0.717, 1.165) is 0 Å². The molecule has 29 heavy (non-hydrogen) atoms. The number of carbonyl (C=O) groups is 1. The fourth-order valence-corrected chi connectivity index (χ4v) is 3.29. The lowest BCUT2D eigenvalue weighted by Crippen LogP contribution is -2.47. The third kappa shape index (κ3) is 3.44. The molecular weight excluding hydrogens is 387 g/mol. The van der Waals surface area contributed by atoms with Crippen LogP contribution in [0, 0.1) is 31.1 Å². The highest BCUT2D eigenvalue weighted by Crippen LogP contribution is 2.40. The van der Waals surface area contributed by atoms with Gasteiger partial charge in [0.2, 0.25) is 0 Å². The van der Waals surface area contributed by atoms with Crippen molar-refractivity contribution in [3.63, 3.8) is 0 Å². The number of furan rings is 1. The van der Waals surface area contributed by atoms with Crippen molar-refractivity contribution >= 4 is 11.6 Å². The second-order valence-corrected chi connectivity index (χ2v) is 7.11. The number of amides is 1. The topological polar surface area (TPSA) is 96.2 Å². The number of alkyl halides is 3. The molecular formula is C19H16F3N5O2. The van der Waals surface area contributed by atoms with E-state index < -0.39 is 24.0 Å². The normalized spacial score (nSPS) is 15.3. The Kier molecular flexibility index (Phi) is 4.33. The molecule has 7 nitrogen and oxygen atoms in total. The summed E-state index contributed by atoms with van der Waals surface area (Å²) in [5.74, 6) is -0.807. The molecule has 3 aromatic rings. The van der Waals surface area contributed by atoms with Gasteiger partial charge in [0.15, 0.2) is 17.1 Å². The van der Waals surface area contributed by atoms with Gasteiger partial charge in [-0.05, 0) is 44.7 Å². The molecule has 1 N–H and O–H groups in total. The molecule has 4 rings (SSSR count). The zero-order valence-corrected chi connectivity index (χ0v) is 15.5. The summed E-state index contributed by atoms with van der Waals surface area (Å²) in [7, 11) is 0. The number of nitrogens with one attached hydrogen (secondary N) is 1. The van der Waals surface area contributed by atoms with E-state index in [1.165, 1.54) is 10.7 Å². The van der Waals surface area contributed by atoms with E-state index in [1.54, 1.807) is 26.0 Å². The van der Waals surface area contributed by atoms with Gasteiger partial charge in [0.25, 0.3) is 5.91 Å². The van der Waals surface area contributed by atoms with Gasteiger partial charge in [-0.15, -0.1) is 0 Å². The molecule has 1 aliphatic carbocycles. The summed E-state index contributed by atoms with van der Waals surface area (Å²) in [6.45, 7) is 3.41. The van der Waals surface area contributed by atoms with Crippen LogP contribution in [0.3, 0.4) is 0 Å². The molecule has 0 unspecified atom stereocenters. The number of carbonyl (C=O) groups excluding carboxylic acids is 1. The number of aryl methyl sites for hydroxylation is 2. The molecule has 3 heterocycles. The highest BCUT2D eigenvalue weighted by Gasteiger charge is 2.50. The van der Waals surface area contributed by atoms with E-state index in [0.29, 0.717) is 30.0 Å². The number of rotatable bonds is 4. The fraction of sp³-hybridized carbons (Fsp3) is 0.368. The van der Waals surface area contributed by atoms with E-state index in [9.17, 15) is 23.2 Å². The third-order valence-corrected chi connectivity index (χ3v) is 4.85. The third-order valence-electron chi connectivity index (χ3n) is 4.85. The van der Waals surface area contributed by atoms with Gasteiger partial charge in [0, 0.05) is 5.69 Å². The molecule has 1 atom stereocenters. The van der Waals surface area contributed by atoms with Crippen molar-refractivity contribution in [2.45, 2.75) is 38.9 Å². The van der Waals surface area contributed by atoms with Crippen molar-refractivity contribution in [3.05, 3.63) is 41.2 Å². The molecule has 0 bridgehead atoms. The maximum atomic E-state index is 13.3. The van der Waals surface area contributed by atoms with E-state index >= 15 is 0 Å². The monoisotopic (exact) mass is 403 g/mol. The average Bonchev–Trinajstić information content (AvgIpc) is 3.26. The van der Waals surface area contributed by atoms with Crippen LogP contribution in [0.2, 0.25) is 0 Å². The number of halogens is 3. The van der Waals surface area contributed by atoms with Crippen molar-refractivity contribution in [3.8, 4) is 17.5 Å². The Hall–Kier alpha value is -3.35. The molecule has 0 saturated heterocycles. The van der Waals surface area contributed by atoms with Crippen LogP contribution in [0.1, 0.15) is 40.3 Å². The summed E-state index contributed by atoms with van der Waals surface area (Å²) in [4.78, 5) is 20.9. The Morgan fingerprint density at radius 2 is 2.10 bits per heavy atom. The lowest BCUT2D eigenvalue weighted by atomic mass is 10.1. The van der Waals surface area contributed by atoms with Gasteiger partial charge < -0.3 is 9.73 Å². The first kappa shape index (κ1) is 19.0. The molecule has 0 aliphatic heterocycles. The first-order valence-electron chi connectivity index (χ1n) is 8.92. The zero-order valence-electron chi connectivity index (χ0n) is 15.5. The highest BCUT2D eigenvalue weighted by atomic mass is 19.4. The van der Waals surface area contributed by atoms with Crippen LogP contribution in [0.15, 0.2) is 22.9 Å². The summed E-state index contributed by atoms with van der Waals surface area (Å²) < 4.78 is 46.8. The minimum absolute atomic E-state index is 0.0900. The first-order chi connectivity index (χ1) is 13.7. The Morgan fingerprint density at radius 1 is 1.38 bits per heavy atom. The van der Waals surface area contributed by atoms with Crippen LogP contribution in [0.4, 0.5) is 13.2 Å². The summed E-state index contributed by atoms with van der Waals surface area (Å²) in [6.07, 6.45) is -2.36. The number of fused-ring (bicyclic) bond motifs is 1. The molecule has 1 saturated carbocycles. The summed E-state index contributed by atoms with van der Waals surface area (Å²) >= 11 is 0. The Morgan fingerprint density at radius 3 is 2.72 bits per heavy atom. The van der Waals surface area contributed by atoms with Crippen LogP contribution >= 0.6 is 0 Å². The summed E-state index contributed by atoms with van der Waals surface area (Å²) in [6, 6.07) is 3.32. The molecule has 3 aromatic heterocycles. The molecule has 0 radical (unpaired) electrons. The van der Waals surface area contributed by atoms with Crippen molar-refractivity contribution in [2.24, 2.45) is 5.92 Å². The Labute approximate surface area is 163 Å². The lowest BCUT2D eigenvalue weighted by Gasteiger charge is -2.20. The number of nitrogens with zero attached hydrogens (tertiary/aromatic N) is 4. The van der Waals surface area contributed by atoms with Crippen molar-refractivity contribution in [1.29, 1.82) is 5.26 Å². The predicted molar refractivity (Wildman–Crippen MR) is 94.9 cm³/mol. The predicted octanol–water partition coefficient (Wildman–Crippen LogP) is 3.55. The van der Waals surface area contributed by atoms with Crippen molar-refractivity contribution in [2.75, 3.05) is 0 Å². The number of imidazole rings is 1. The summed E-state index contributed by atoms with van der Waals surface area (Å²) in [5.41, 5.74) is 1.07. The second-order valence-electron chi connectivity index (χ2n) is 7.11. The summed E-state index contributed by atoms with van der Waals surface area (Å²) in [5, 5.41) is 11.3. The van der Waals surface area contributed by atoms with Crippen LogP contribution in [-0.4, -0.2) is 32.5 Å². The van der Waals surface area contributed by atoms with Crippen molar-refractivity contribution in [1.82, 2.24) is 19.7 Å². The largest absolute Gasteiger partial charge is 0.458 e. The fourth-order valence-electron chi connectivity index (χ4n) is 3.29. The van der Waals surface area contributed by atoms with E-state index in [-0.39, 0.29) is 22.7 Å². The van der Waals surface area contributed by atoms with Gasteiger partial charge in [-0.3, -0.25) is 9.20 Å². The molecule has 1 amide bonds. The smallest absolute Gasteiger partial charge is 0.408 e. The minimum atomic E-state index is -4.53. The number of aromatic nitrogens is 3. The SMILES string of the molecule is Cc1cc(C#N)c(-c2cc(C)n3cnc(C(=O)N[C@H](C4CC4)C(F)(F)F)c3n2)o1. The van der Waals surface area contributed by atoms with Gasteiger partial charge in [0.1, 0.15) is 35.5 Å². The first-order valence-corrected chi connectivity index (χ1v) is 8.92. The number of hydrogen-bond acceptors (Lipinski definition) is 5.